The zero-order valence-corrected chi connectivity index (χ0v) is 9.83. The van der Waals surface area contributed by atoms with Gasteiger partial charge in [0.25, 0.3) is 0 Å². The monoisotopic (exact) mass is 277 g/mol. The minimum Gasteiger partial charge on any atom is -0.481 e. The Balaban J connectivity index is 4.12. The average Bonchev–Trinajstić information content (AvgIpc) is 2.31. The number of rotatable bonds is 8. The second-order valence-electron chi connectivity index (χ2n) is 3.56. The lowest BCUT2D eigenvalue weighted by Crippen LogP contribution is -2.49. The normalized spacial score (nSPS) is 13.2. The summed E-state index contributed by atoms with van der Waals surface area (Å²) < 4.78 is 0. The molecular formula is C9H15N3O7. The van der Waals surface area contributed by atoms with Crippen molar-refractivity contribution in [1.29, 1.82) is 0 Å². The summed E-state index contributed by atoms with van der Waals surface area (Å²) in [6.07, 6.45) is -0.595. The molecule has 0 bridgehead atoms. The minimum absolute atomic E-state index is 0.573. The van der Waals surface area contributed by atoms with Crippen molar-refractivity contribution >= 4 is 23.8 Å². The summed E-state index contributed by atoms with van der Waals surface area (Å²) >= 11 is 0. The highest BCUT2D eigenvalue weighted by molar-refractivity contribution is 5.90. The van der Waals surface area contributed by atoms with E-state index >= 15 is 0 Å². The van der Waals surface area contributed by atoms with Crippen LogP contribution in [0, 0.1) is 0 Å². The van der Waals surface area contributed by atoms with Crippen LogP contribution in [0.5, 0.6) is 0 Å². The van der Waals surface area contributed by atoms with Gasteiger partial charge in [0.05, 0.1) is 25.6 Å². The number of amides is 2. The highest BCUT2D eigenvalue weighted by Crippen LogP contribution is 1.88. The molecule has 0 spiro atoms. The first-order valence-electron chi connectivity index (χ1n) is 5.16. The van der Waals surface area contributed by atoms with E-state index in [1.54, 1.807) is 0 Å². The quantitative estimate of drug-likeness (QED) is 0.264. The minimum atomic E-state index is -1.47. The molecule has 0 aliphatic carbocycles. The van der Waals surface area contributed by atoms with Gasteiger partial charge >= 0.3 is 11.9 Å². The Morgan fingerprint density at radius 1 is 1.16 bits per heavy atom. The second kappa shape index (κ2) is 8.00. The van der Waals surface area contributed by atoms with E-state index < -0.39 is 55.4 Å². The molecule has 0 heterocycles. The van der Waals surface area contributed by atoms with E-state index in [9.17, 15) is 19.2 Å². The average molecular weight is 277 g/mol. The molecule has 0 saturated carbocycles. The Labute approximate surface area is 107 Å². The Morgan fingerprint density at radius 3 is 2.16 bits per heavy atom. The summed E-state index contributed by atoms with van der Waals surface area (Å²) in [6, 6.07) is -2.78. The molecule has 7 N–H and O–H groups in total. The van der Waals surface area contributed by atoms with Gasteiger partial charge < -0.3 is 31.7 Å². The maximum atomic E-state index is 11.2. The summed E-state index contributed by atoms with van der Waals surface area (Å²) in [6.45, 7) is -1.37. The number of nitrogens with one attached hydrogen (secondary N) is 2. The maximum absolute atomic E-state index is 11.2. The lowest BCUT2D eigenvalue weighted by molar-refractivity contribution is -0.143. The van der Waals surface area contributed by atoms with Crippen molar-refractivity contribution in [3.05, 3.63) is 0 Å². The number of aliphatic hydroxyl groups is 1. The molecule has 0 aliphatic heterocycles. The molecule has 0 aromatic heterocycles. The predicted octanol–water partition coefficient (Wildman–Crippen LogP) is -3.53. The maximum Gasteiger partial charge on any atom is 0.328 e. The van der Waals surface area contributed by atoms with E-state index in [1.165, 1.54) is 0 Å². The Morgan fingerprint density at radius 2 is 1.74 bits per heavy atom. The molecule has 0 radical (unpaired) electrons. The van der Waals surface area contributed by atoms with E-state index in [0.29, 0.717) is 0 Å². The van der Waals surface area contributed by atoms with E-state index in [4.69, 9.17) is 21.1 Å². The molecule has 2 atom stereocenters. The molecule has 2 unspecified atom stereocenters. The van der Waals surface area contributed by atoms with Gasteiger partial charge in [-0.2, -0.15) is 0 Å². The summed E-state index contributed by atoms with van der Waals surface area (Å²) in [5.41, 5.74) is 5.22. The molecule has 0 fully saturated rings. The zero-order chi connectivity index (χ0) is 15.0. The predicted molar refractivity (Wildman–Crippen MR) is 59.9 cm³/mol. The first kappa shape index (κ1) is 16.8. The van der Waals surface area contributed by atoms with Crippen molar-refractivity contribution < 1.29 is 34.5 Å². The summed E-state index contributed by atoms with van der Waals surface area (Å²) in [4.78, 5) is 43.2. The molecule has 0 rings (SSSR count). The largest absolute Gasteiger partial charge is 0.481 e. The third-order valence-electron chi connectivity index (χ3n) is 1.97. The van der Waals surface area contributed by atoms with E-state index in [-0.39, 0.29) is 0 Å². The standard InChI is InChI=1S/C9H15N3O7/c10-4(1-7(15)16)8(17)11-2-6(14)12-5(3-13)9(18)19/h4-5,13H,1-3,10H2,(H,11,17)(H,12,14)(H,15,16)(H,18,19). The molecule has 0 aromatic carbocycles. The van der Waals surface area contributed by atoms with Crippen LogP contribution in [0.1, 0.15) is 6.42 Å². The Kier molecular flexibility index (Phi) is 7.07. The van der Waals surface area contributed by atoms with Crippen LogP contribution in [0.15, 0.2) is 0 Å². The van der Waals surface area contributed by atoms with E-state index in [0.717, 1.165) is 0 Å². The number of aliphatic hydroxyl groups excluding tert-OH is 1. The van der Waals surface area contributed by atoms with E-state index in [1.807, 2.05) is 10.6 Å². The molecule has 108 valence electrons. The number of carbonyl (C=O) groups is 4. The van der Waals surface area contributed by atoms with Crippen molar-refractivity contribution in [1.82, 2.24) is 10.6 Å². The molecule has 0 saturated heterocycles. The number of carboxylic acids is 2. The molecule has 10 heteroatoms. The molecule has 2 amide bonds. The Hall–Kier alpha value is -2.20. The van der Waals surface area contributed by atoms with Crippen LogP contribution in [0.2, 0.25) is 0 Å². The van der Waals surface area contributed by atoms with Gasteiger partial charge in [0.1, 0.15) is 6.04 Å². The van der Waals surface area contributed by atoms with Crippen molar-refractivity contribution in [3.63, 3.8) is 0 Å². The van der Waals surface area contributed by atoms with Crippen molar-refractivity contribution in [2.75, 3.05) is 13.2 Å². The fraction of sp³-hybridized carbons (Fsp3) is 0.556. The van der Waals surface area contributed by atoms with Gasteiger partial charge in [-0.1, -0.05) is 0 Å². The van der Waals surface area contributed by atoms with Gasteiger partial charge in [0, 0.05) is 0 Å². The van der Waals surface area contributed by atoms with Crippen molar-refractivity contribution in [3.8, 4) is 0 Å². The van der Waals surface area contributed by atoms with Crippen LogP contribution in [0.3, 0.4) is 0 Å². The third-order valence-corrected chi connectivity index (χ3v) is 1.97. The van der Waals surface area contributed by atoms with Gasteiger partial charge in [-0.25, -0.2) is 4.79 Å². The number of hydrogen-bond donors (Lipinski definition) is 6. The lowest BCUT2D eigenvalue weighted by atomic mass is 10.2. The molecule has 0 aliphatic rings. The molecule has 19 heavy (non-hydrogen) atoms. The van der Waals surface area contributed by atoms with Crippen molar-refractivity contribution in [2.24, 2.45) is 5.73 Å². The molecule has 10 nitrogen and oxygen atoms in total. The highest BCUT2D eigenvalue weighted by atomic mass is 16.4. The number of hydrogen-bond acceptors (Lipinski definition) is 6. The summed E-state index contributed by atoms with van der Waals surface area (Å²) in [5.74, 6) is -4.39. The lowest BCUT2D eigenvalue weighted by Gasteiger charge is -2.13. The fourth-order valence-electron chi connectivity index (χ4n) is 1.01. The number of nitrogens with two attached hydrogens (primary N) is 1. The Bertz CT molecular complexity index is 371. The first-order valence-corrected chi connectivity index (χ1v) is 5.16. The first-order chi connectivity index (χ1) is 8.77. The summed E-state index contributed by atoms with van der Waals surface area (Å²) in [7, 11) is 0. The fourth-order valence-corrected chi connectivity index (χ4v) is 1.01. The topological polar surface area (TPSA) is 179 Å². The van der Waals surface area contributed by atoms with Crippen LogP contribution in [-0.2, 0) is 19.2 Å². The highest BCUT2D eigenvalue weighted by Gasteiger charge is 2.20. The molecular weight excluding hydrogens is 262 g/mol. The van der Waals surface area contributed by atoms with Crippen LogP contribution in [0.25, 0.3) is 0 Å². The van der Waals surface area contributed by atoms with Gasteiger partial charge in [-0.05, 0) is 0 Å². The van der Waals surface area contributed by atoms with Gasteiger partial charge in [0.15, 0.2) is 0 Å². The number of carboxylic acid groups (broad SMARTS) is 2. The number of aliphatic carboxylic acids is 2. The molecule has 0 aromatic rings. The smallest absolute Gasteiger partial charge is 0.328 e. The van der Waals surface area contributed by atoms with Gasteiger partial charge in [-0.15, -0.1) is 0 Å². The SMILES string of the molecule is NC(CC(=O)O)C(=O)NCC(=O)NC(CO)C(=O)O. The van der Waals surface area contributed by atoms with Crippen LogP contribution < -0.4 is 16.4 Å². The van der Waals surface area contributed by atoms with Crippen LogP contribution in [0.4, 0.5) is 0 Å². The van der Waals surface area contributed by atoms with Gasteiger partial charge in [0.2, 0.25) is 11.8 Å². The zero-order valence-electron chi connectivity index (χ0n) is 9.83. The second-order valence-corrected chi connectivity index (χ2v) is 3.56. The van der Waals surface area contributed by atoms with Gasteiger partial charge in [-0.3, -0.25) is 14.4 Å². The third kappa shape index (κ3) is 6.95. The van der Waals surface area contributed by atoms with E-state index in [2.05, 4.69) is 0 Å². The van der Waals surface area contributed by atoms with Crippen LogP contribution >= 0.6 is 0 Å². The number of carbonyl (C=O) groups excluding carboxylic acids is 2. The summed E-state index contributed by atoms with van der Waals surface area (Å²) in [5, 5.41) is 29.6. The van der Waals surface area contributed by atoms with Crippen LogP contribution in [-0.4, -0.2) is 64.3 Å². The van der Waals surface area contributed by atoms with Crippen molar-refractivity contribution in [2.45, 2.75) is 18.5 Å².